The molecule has 0 aliphatic heterocycles. The van der Waals surface area contributed by atoms with E-state index in [-0.39, 0.29) is 16.6 Å². The number of pyridine rings is 1. The van der Waals surface area contributed by atoms with Gasteiger partial charge in [0.05, 0.1) is 22.0 Å². The second-order valence-electron chi connectivity index (χ2n) is 7.30. The summed E-state index contributed by atoms with van der Waals surface area (Å²) in [5.74, 6) is 0.442. The van der Waals surface area contributed by atoms with Crippen molar-refractivity contribution in [3.63, 3.8) is 0 Å². The maximum atomic E-state index is 12.7. The number of hydrogen-bond acceptors (Lipinski definition) is 8. The molecule has 0 bridgehead atoms. The predicted molar refractivity (Wildman–Crippen MR) is 125 cm³/mol. The van der Waals surface area contributed by atoms with E-state index in [0.29, 0.717) is 22.4 Å². The van der Waals surface area contributed by atoms with Gasteiger partial charge in [-0.05, 0) is 30.3 Å². The maximum absolute atomic E-state index is 12.7. The normalized spacial score (nSPS) is 11.6. The lowest BCUT2D eigenvalue weighted by molar-refractivity contribution is -0.113. The van der Waals surface area contributed by atoms with Crippen molar-refractivity contribution >= 4 is 39.1 Å². The summed E-state index contributed by atoms with van der Waals surface area (Å²) in [6.07, 6.45) is 3.38. The van der Waals surface area contributed by atoms with Crippen LogP contribution in [-0.4, -0.2) is 72.3 Å². The first-order valence-electron chi connectivity index (χ1n) is 9.57. The Balaban J connectivity index is 1.76. The summed E-state index contributed by atoms with van der Waals surface area (Å²) >= 11 is 1.24. The second-order valence-corrected chi connectivity index (χ2v) is 10.4. The third-order valence-electron chi connectivity index (χ3n) is 4.59. The Morgan fingerprint density at radius 1 is 1.16 bits per heavy atom. The molecule has 1 aromatic carbocycles. The Morgan fingerprint density at radius 3 is 2.53 bits per heavy atom. The highest BCUT2D eigenvalue weighted by atomic mass is 32.2. The number of nitrogens with one attached hydrogen (secondary N) is 1. The minimum Gasteiger partial charge on any atom is -0.376 e. The Bertz CT molecular complexity index is 1210. The van der Waals surface area contributed by atoms with Gasteiger partial charge in [-0.3, -0.25) is 9.78 Å². The molecule has 3 aromatic rings. The van der Waals surface area contributed by atoms with Crippen molar-refractivity contribution in [2.75, 3.05) is 44.2 Å². The Labute approximate surface area is 191 Å². The lowest BCUT2D eigenvalue weighted by atomic mass is 10.2. The highest BCUT2D eigenvalue weighted by Gasteiger charge is 2.20. The van der Waals surface area contributed by atoms with Crippen molar-refractivity contribution in [2.24, 2.45) is 7.05 Å². The minimum absolute atomic E-state index is 0.0799. The summed E-state index contributed by atoms with van der Waals surface area (Å²) in [5.41, 5.74) is 1.93. The van der Waals surface area contributed by atoms with E-state index in [1.807, 2.05) is 33.3 Å². The Kier molecular flexibility index (Phi) is 7.16. The van der Waals surface area contributed by atoms with Crippen molar-refractivity contribution in [1.29, 1.82) is 0 Å². The first-order chi connectivity index (χ1) is 15.1. The summed E-state index contributed by atoms with van der Waals surface area (Å²) < 4.78 is 27.9. The molecule has 0 unspecified atom stereocenters. The quantitative estimate of drug-likeness (QED) is 0.492. The average Bonchev–Trinajstić information content (AvgIpc) is 3.12. The molecule has 0 saturated heterocycles. The van der Waals surface area contributed by atoms with Crippen LogP contribution in [0.15, 0.2) is 52.8 Å². The van der Waals surface area contributed by atoms with Crippen molar-refractivity contribution in [3.8, 4) is 11.4 Å². The third-order valence-corrected chi connectivity index (χ3v) is 7.42. The molecule has 10 nitrogen and oxygen atoms in total. The fourth-order valence-corrected chi connectivity index (χ4v) is 4.52. The molecule has 3 rings (SSSR count). The van der Waals surface area contributed by atoms with Crippen LogP contribution >= 0.6 is 11.8 Å². The molecule has 170 valence electrons. The second kappa shape index (κ2) is 9.67. The summed E-state index contributed by atoms with van der Waals surface area (Å²) in [6, 6.07) is 8.36. The number of benzene rings is 1. The van der Waals surface area contributed by atoms with Crippen molar-refractivity contribution < 1.29 is 13.2 Å². The fourth-order valence-electron chi connectivity index (χ4n) is 2.88. The number of sulfonamides is 1. The number of carbonyl (C=O) groups excluding carboxylic acids is 1. The standard InChI is InChI=1S/C20H25N7O3S2/c1-25(2)17-9-8-15(32(29,30)26(3)4)11-16(17)22-18(28)13-31-20-24-23-19(27(20)5)14-7-6-10-21-12-14/h6-12H,13H2,1-5H3,(H,22,28). The molecule has 1 amide bonds. The molecule has 0 aliphatic carbocycles. The molecular formula is C20H25N7O3S2. The fraction of sp³-hybridized carbons (Fsp3) is 0.300. The van der Waals surface area contributed by atoms with E-state index in [1.165, 1.54) is 38.0 Å². The number of nitrogens with zero attached hydrogens (tertiary/aromatic N) is 6. The van der Waals surface area contributed by atoms with Gasteiger partial charge < -0.3 is 14.8 Å². The van der Waals surface area contributed by atoms with Crippen LogP contribution in [0.3, 0.4) is 0 Å². The van der Waals surface area contributed by atoms with Gasteiger partial charge in [-0.1, -0.05) is 11.8 Å². The molecule has 2 heterocycles. The summed E-state index contributed by atoms with van der Waals surface area (Å²) in [6.45, 7) is 0. The predicted octanol–water partition coefficient (Wildman–Crippen LogP) is 1.92. The Morgan fingerprint density at radius 2 is 1.91 bits per heavy atom. The molecule has 32 heavy (non-hydrogen) atoms. The van der Waals surface area contributed by atoms with Crippen LogP contribution < -0.4 is 10.2 Å². The van der Waals surface area contributed by atoms with Crippen LogP contribution in [-0.2, 0) is 21.9 Å². The molecule has 0 atom stereocenters. The highest BCUT2D eigenvalue weighted by molar-refractivity contribution is 7.99. The molecule has 0 fully saturated rings. The zero-order chi connectivity index (χ0) is 23.5. The van der Waals surface area contributed by atoms with E-state index in [4.69, 9.17) is 0 Å². The minimum atomic E-state index is -3.63. The number of amides is 1. The van der Waals surface area contributed by atoms with E-state index in [1.54, 1.807) is 27.9 Å². The van der Waals surface area contributed by atoms with Crippen molar-refractivity contribution in [3.05, 3.63) is 42.7 Å². The molecule has 2 aromatic heterocycles. The SMILES string of the molecule is CN(C)c1ccc(S(=O)(=O)N(C)C)cc1NC(=O)CSc1nnc(-c2cccnc2)n1C. The summed E-state index contributed by atoms with van der Waals surface area (Å²) in [5, 5.41) is 11.7. The van der Waals surface area contributed by atoms with E-state index in [2.05, 4.69) is 20.5 Å². The molecular weight excluding hydrogens is 450 g/mol. The van der Waals surface area contributed by atoms with Crippen LogP contribution in [0.1, 0.15) is 0 Å². The van der Waals surface area contributed by atoms with Gasteiger partial charge in [0.15, 0.2) is 11.0 Å². The lowest BCUT2D eigenvalue weighted by Crippen LogP contribution is -2.23. The zero-order valence-corrected chi connectivity index (χ0v) is 20.1. The van der Waals surface area contributed by atoms with Gasteiger partial charge in [-0.25, -0.2) is 12.7 Å². The monoisotopic (exact) mass is 475 g/mol. The number of anilines is 2. The van der Waals surface area contributed by atoms with Gasteiger partial charge >= 0.3 is 0 Å². The topological polar surface area (TPSA) is 113 Å². The number of hydrogen-bond donors (Lipinski definition) is 1. The molecule has 0 aliphatic rings. The smallest absolute Gasteiger partial charge is 0.242 e. The van der Waals surface area contributed by atoms with Gasteiger partial charge in [0, 0.05) is 53.2 Å². The van der Waals surface area contributed by atoms with Gasteiger partial charge in [0.2, 0.25) is 15.9 Å². The summed E-state index contributed by atoms with van der Waals surface area (Å²) in [7, 11) is 4.75. The lowest BCUT2D eigenvalue weighted by Gasteiger charge is -2.20. The maximum Gasteiger partial charge on any atom is 0.242 e. The van der Waals surface area contributed by atoms with E-state index < -0.39 is 10.0 Å². The third kappa shape index (κ3) is 5.09. The van der Waals surface area contributed by atoms with E-state index in [9.17, 15) is 13.2 Å². The first-order valence-corrected chi connectivity index (χ1v) is 12.0. The van der Waals surface area contributed by atoms with E-state index in [0.717, 1.165) is 9.87 Å². The number of rotatable bonds is 8. The van der Waals surface area contributed by atoms with Gasteiger partial charge in [0.1, 0.15) is 0 Å². The van der Waals surface area contributed by atoms with Crippen LogP contribution in [0.2, 0.25) is 0 Å². The molecule has 0 saturated carbocycles. The molecule has 12 heteroatoms. The first kappa shape index (κ1) is 23.7. The van der Waals surface area contributed by atoms with Crippen LogP contribution in [0.5, 0.6) is 0 Å². The van der Waals surface area contributed by atoms with Crippen LogP contribution in [0, 0.1) is 0 Å². The summed E-state index contributed by atoms with van der Waals surface area (Å²) in [4.78, 5) is 18.7. The number of thioether (sulfide) groups is 1. The number of carbonyl (C=O) groups is 1. The van der Waals surface area contributed by atoms with Gasteiger partial charge in [0.25, 0.3) is 0 Å². The average molecular weight is 476 g/mol. The van der Waals surface area contributed by atoms with Gasteiger partial charge in [-0.2, -0.15) is 0 Å². The van der Waals surface area contributed by atoms with Crippen molar-refractivity contribution in [1.82, 2.24) is 24.1 Å². The highest BCUT2D eigenvalue weighted by Crippen LogP contribution is 2.29. The molecule has 0 radical (unpaired) electrons. The van der Waals surface area contributed by atoms with Crippen molar-refractivity contribution in [2.45, 2.75) is 10.1 Å². The van der Waals surface area contributed by atoms with Crippen LogP contribution in [0.4, 0.5) is 11.4 Å². The van der Waals surface area contributed by atoms with E-state index >= 15 is 0 Å². The van der Waals surface area contributed by atoms with Crippen LogP contribution in [0.25, 0.3) is 11.4 Å². The molecule has 0 spiro atoms. The largest absolute Gasteiger partial charge is 0.376 e. The molecule has 1 N–H and O–H groups in total. The van der Waals surface area contributed by atoms with Gasteiger partial charge in [-0.15, -0.1) is 10.2 Å². The zero-order valence-electron chi connectivity index (χ0n) is 18.5. The number of aromatic nitrogens is 4. The Hall–Kier alpha value is -2.96.